The van der Waals surface area contributed by atoms with Crippen LogP contribution in [0.1, 0.15) is 45.4 Å². The van der Waals surface area contributed by atoms with Gasteiger partial charge in [-0.1, -0.05) is 25.7 Å². The van der Waals surface area contributed by atoms with Gasteiger partial charge in [-0.05, 0) is 19.8 Å². The van der Waals surface area contributed by atoms with Crippen LogP contribution in [0.25, 0.3) is 0 Å². The van der Waals surface area contributed by atoms with Crippen LogP contribution >= 0.6 is 0 Å². The summed E-state index contributed by atoms with van der Waals surface area (Å²) in [5, 5.41) is 3.35. The third kappa shape index (κ3) is 3.67. The number of nitrogens with two attached hydrogens (primary N) is 1. The van der Waals surface area contributed by atoms with E-state index in [9.17, 15) is 4.79 Å². The molecule has 0 aromatic carbocycles. The third-order valence-electron chi connectivity index (χ3n) is 3.77. The highest BCUT2D eigenvalue weighted by Crippen LogP contribution is 2.22. The van der Waals surface area contributed by atoms with E-state index in [-0.39, 0.29) is 0 Å². The van der Waals surface area contributed by atoms with Gasteiger partial charge in [0.15, 0.2) is 6.29 Å². The maximum Gasteiger partial charge on any atom is 0.242 e. The van der Waals surface area contributed by atoms with Crippen LogP contribution in [0.3, 0.4) is 0 Å². The number of primary amides is 1. The van der Waals surface area contributed by atoms with E-state index in [0.717, 1.165) is 12.8 Å². The molecule has 1 rings (SSSR count). The van der Waals surface area contributed by atoms with Gasteiger partial charge in [0.05, 0.1) is 0 Å². The van der Waals surface area contributed by atoms with Gasteiger partial charge in [0.25, 0.3) is 0 Å². The quantitative estimate of drug-likeness (QED) is 0.554. The topological polar surface area (TPSA) is 73.6 Å². The standard InChI is InChI=1S/C13H26N2O3/c1-13(11(14)16,12(17-2)18-3)15-10-8-6-4-5-7-9-10/h10,12,15H,4-9H2,1-3H3,(H2,14,16). The van der Waals surface area contributed by atoms with Gasteiger partial charge in [-0.3, -0.25) is 10.1 Å². The lowest BCUT2D eigenvalue weighted by molar-refractivity contribution is -0.167. The molecule has 5 nitrogen and oxygen atoms in total. The zero-order valence-corrected chi connectivity index (χ0v) is 11.7. The zero-order chi connectivity index (χ0) is 13.6. The first-order valence-electron chi connectivity index (χ1n) is 6.67. The molecule has 0 aromatic rings. The smallest absolute Gasteiger partial charge is 0.242 e. The molecule has 0 radical (unpaired) electrons. The van der Waals surface area contributed by atoms with E-state index in [1.807, 2.05) is 0 Å². The molecule has 18 heavy (non-hydrogen) atoms. The molecule has 0 aliphatic heterocycles. The van der Waals surface area contributed by atoms with Crippen molar-refractivity contribution in [1.29, 1.82) is 0 Å². The number of carbonyl (C=O) groups is 1. The number of carbonyl (C=O) groups excluding carboxylic acids is 1. The molecule has 0 heterocycles. The minimum atomic E-state index is -0.988. The van der Waals surface area contributed by atoms with Crippen molar-refractivity contribution in [2.24, 2.45) is 5.73 Å². The Morgan fingerprint density at radius 3 is 2.11 bits per heavy atom. The summed E-state index contributed by atoms with van der Waals surface area (Å²) >= 11 is 0. The van der Waals surface area contributed by atoms with Gasteiger partial charge in [-0.25, -0.2) is 0 Å². The van der Waals surface area contributed by atoms with Crippen molar-refractivity contribution in [1.82, 2.24) is 5.32 Å². The fourth-order valence-electron chi connectivity index (χ4n) is 2.67. The first-order valence-corrected chi connectivity index (χ1v) is 6.67. The maximum atomic E-state index is 11.7. The van der Waals surface area contributed by atoms with Crippen LogP contribution in [0, 0.1) is 0 Å². The highest BCUT2D eigenvalue weighted by atomic mass is 16.7. The summed E-state index contributed by atoms with van der Waals surface area (Å²) in [5.41, 5.74) is 4.53. The summed E-state index contributed by atoms with van der Waals surface area (Å²) in [7, 11) is 3.04. The molecule has 1 saturated carbocycles. The van der Waals surface area contributed by atoms with E-state index in [1.165, 1.54) is 39.9 Å². The minimum absolute atomic E-state index is 0.304. The molecule has 3 N–H and O–H groups in total. The molecule has 0 saturated heterocycles. The molecule has 1 aliphatic carbocycles. The van der Waals surface area contributed by atoms with Crippen molar-refractivity contribution in [2.45, 2.75) is 63.3 Å². The molecule has 1 atom stereocenters. The molecule has 0 aromatic heterocycles. The summed E-state index contributed by atoms with van der Waals surface area (Å²) in [6.45, 7) is 1.75. The fraction of sp³-hybridized carbons (Fsp3) is 0.923. The highest BCUT2D eigenvalue weighted by molar-refractivity contribution is 5.84. The fourth-order valence-corrected chi connectivity index (χ4v) is 2.67. The van der Waals surface area contributed by atoms with E-state index in [4.69, 9.17) is 15.2 Å². The molecule has 5 heteroatoms. The lowest BCUT2D eigenvalue weighted by Gasteiger charge is -2.36. The van der Waals surface area contributed by atoms with Crippen molar-refractivity contribution in [3.8, 4) is 0 Å². The molecule has 0 spiro atoms. The van der Waals surface area contributed by atoms with E-state index in [1.54, 1.807) is 6.92 Å². The number of methoxy groups -OCH3 is 2. The Morgan fingerprint density at radius 1 is 1.22 bits per heavy atom. The number of ether oxygens (including phenoxy) is 2. The SMILES string of the molecule is COC(OC)C(C)(NC1CCCCCC1)C(N)=O. The van der Waals surface area contributed by atoms with Gasteiger partial charge < -0.3 is 15.2 Å². The Balaban J connectivity index is 2.74. The maximum absolute atomic E-state index is 11.7. The Kier molecular flexibility index (Phi) is 6.05. The molecular weight excluding hydrogens is 232 g/mol. The van der Waals surface area contributed by atoms with Crippen LogP contribution in [0.2, 0.25) is 0 Å². The molecule has 0 bridgehead atoms. The van der Waals surface area contributed by atoms with Crippen molar-refractivity contribution < 1.29 is 14.3 Å². The van der Waals surface area contributed by atoms with E-state index < -0.39 is 17.7 Å². The summed E-state index contributed by atoms with van der Waals surface area (Å²) in [6, 6.07) is 0.304. The van der Waals surface area contributed by atoms with Crippen LogP contribution in [0.4, 0.5) is 0 Å². The Hall–Kier alpha value is -0.650. The van der Waals surface area contributed by atoms with E-state index in [0.29, 0.717) is 6.04 Å². The second-order valence-corrected chi connectivity index (χ2v) is 5.20. The second-order valence-electron chi connectivity index (χ2n) is 5.20. The first-order chi connectivity index (χ1) is 8.54. The number of nitrogens with one attached hydrogen (secondary N) is 1. The number of amides is 1. The van der Waals surface area contributed by atoms with Crippen LogP contribution in [0.5, 0.6) is 0 Å². The van der Waals surface area contributed by atoms with E-state index in [2.05, 4.69) is 5.32 Å². The zero-order valence-electron chi connectivity index (χ0n) is 11.7. The van der Waals surface area contributed by atoms with Gasteiger partial charge in [-0.2, -0.15) is 0 Å². The Bertz CT molecular complexity index is 261. The van der Waals surface area contributed by atoms with Gasteiger partial charge in [-0.15, -0.1) is 0 Å². The average Bonchev–Trinajstić information content (AvgIpc) is 2.59. The number of hydrogen-bond donors (Lipinski definition) is 2. The highest BCUT2D eigenvalue weighted by Gasteiger charge is 2.42. The lowest BCUT2D eigenvalue weighted by Crippen LogP contribution is -2.64. The van der Waals surface area contributed by atoms with Gasteiger partial charge in [0, 0.05) is 20.3 Å². The molecule has 1 fully saturated rings. The van der Waals surface area contributed by atoms with Gasteiger partial charge in [0.2, 0.25) is 5.91 Å². The Morgan fingerprint density at radius 2 is 1.72 bits per heavy atom. The number of hydrogen-bond acceptors (Lipinski definition) is 4. The monoisotopic (exact) mass is 258 g/mol. The first kappa shape index (κ1) is 15.4. The second kappa shape index (κ2) is 7.07. The number of rotatable bonds is 6. The van der Waals surface area contributed by atoms with Crippen molar-refractivity contribution in [3.05, 3.63) is 0 Å². The normalized spacial score (nSPS) is 21.6. The molecule has 1 amide bonds. The van der Waals surface area contributed by atoms with Crippen LogP contribution < -0.4 is 11.1 Å². The summed E-state index contributed by atoms with van der Waals surface area (Å²) in [4.78, 5) is 11.7. The van der Waals surface area contributed by atoms with Crippen LogP contribution in [0.15, 0.2) is 0 Å². The largest absolute Gasteiger partial charge is 0.368 e. The molecular formula is C13H26N2O3. The van der Waals surface area contributed by atoms with E-state index >= 15 is 0 Å². The van der Waals surface area contributed by atoms with Crippen molar-refractivity contribution in [3.63, 3.8) is 0 Å². The summed E-state index contributed by atoms with van der Waals surface area (Å²) in [6.07, 6.45) is 6.39. The summed E-state index contributed by atoms with van der Waals surface area (Å²) in [5.74, 6) is -0.444. The Labute approximate surface area is 109 Å². The molecule has 1 unspecified atom stereocenters. The van der Waals surface area contributed by atoms with Gasteiger partial charge >= 0.3 is 0 Å². The third-order valence-corrected chi connectivity index (χ3v) is 3.77. The predicted octanol–water partition coefficient (Wildman–Crippen LogP) is 1.16. The molecule has 1 aliphatic rings. The van der Waals surface area contributed by atoms with Crippen LogP contribution in [-0.2, 0) is 14.3 Å². The average molecular weight is 258 g/mol. The van der Waals surface area contributed by atoms with Crippen molar-refractivity contribution in [2.75, 3.05) is 14.2 Å². The van der Waals surface area contributed by atoms with Gasteiger partial charge in [0.1, 0.15) is 5.54 Å². The minimum Gasteiger partial charge on any atom is -0.368 e. The lowest BCUT2D eigenvalue weighted by atomic mass is 9.96. The van der Waals surface area contributed by atoms with Crippen molar-refractivity contribution >= 4 is 5.91 Å². The summed E-state index contributed by atoms with van der Waals surface area (Å²) < 4.78 is 10.4. The predicted molar refractivity (Wildman–Crippen MR) is 70.0 cm³/mol. The van der Waals surface area contributed by atoms with Crippen LogP contribution in [-0.4, -0.2) is 38.0 Å². The molecule has 106 valence electrons.